The lowest BCUT2D eigenvalue weighted by molar-refractivity contribution is 0.566. The Morgan fingerprint density at radius 1 is 1.00 bits per heavy atom. The minimum atomic E-state index is -3.88. The summed E-state index contributed by atoms with van der Waals surface area (Å²) in [6, 6.07) is 11.5. The first-order valence-electron chi connectivity index (χ1n) is 7.93. The van der Waals surface area contributed by atoms with Crippen molar-refractivity contribution in [3.8, 4) is 11.3 Å². The van der Waals surface area contributed by atoms with E-state index in [0.717, 1.165) is 12.1 Å². The summed E-state index contributed by atoms with van der Waals surface area (Å²) in [4.78, 5) is 16.1. The average Bonchev–Trinajstić information content (AvgIpc) is 2.63. The highest BCUT2D eigenvalue weighted by Crippen LogP contribution is 2.15. The Hall–Kier alpha value is -2.91. The molecule has 2 aromatic carbocycles. The molecule has 0 bridgehead atoms. The van der Waals surface area contributed by atoms with Crippen LogP contribution in [0.4, 0.5) is 8.78 Å². The third kappa shape index (κ3) is 4.63. The normalized spacial score (nSPS) is 11.5. The lowest BCUT2D eigenvalue weighted by atomic mass is 10.1. The maximum atomic E-state index is 13.2. The van der Waals surface area contributed by atoms with Gasteiger partial charge in [0.15, 0.2) is 0 Å². The molecule has 0 spiro atoms. The second-order valence-corrected chi connectivity index (χ2v) is 7.43. The van der Waals surface area contributed by atoms with Gasteiger partial charge in [-0.2, -0.15) is 0 Å². The highest BCUT2D eigenvalue weighted by Gasteiger charge is 2.14. The van der Waals surface area contributed by atoms with E-state index in [4.69, 9.17) is 0 Å². The zero-order chi connectivity index (χ0) is 19.4. The van der Waals surface area contributed by atoms with E-state index in [-0.39, 0.29) is 23.5 Å². The quantitative estimate of drug-likeness (QED) is 0.698. The van der Waals surface area contributed by atoms with Crippen LogP contribution in [-0.4, -0.2) is 24.5 Å². The van der Waals surface area contributed by atoms with Gasteiger partial charge in [0.1, 0.15) is 11.6 Å². The summed E-state index contributed by atoms with van der Waals surface area (Å²) in [5, 5.41) is 0. The first-order valence-corrected chi connectivity index (χ1v) is 9.41. The molecule has 27 heavy (non-hydrogen) atoms. The lowest BCUT2D eigenvalue weighted by Crippen LogP contribution is -2.31. The van der Waals surface area contributed by atoms with Gasteiger partial charge in [0.25, 0.3) is 5.56 Å². The largest absolute Gasteiger partial charge is 0.298 e. The predicted molar refractivity (Wildman–Crippen MR) is 95.5 cm³/mol. The predicted octanol–water partition coefficient (Wildman–Crippen LogP) is 2.17. The number of nitrogens with one attached hydrogen (secondary N) is 1. The van der Waals surface area contributed by atoms with Gasteiger partial charge >= 0.3 is 0 Å². The molecule has 140 valence electrons. The Bertz CT molecular complexity index is 1110. The average molecular weight is 391 g/mol. The molecule has 3 rings (SSSR count). The van der Waals surface area contributed by atoms with Crippen LogP contribution in [0, 0.1) is 11.6 Å². The van der Waals surface area contributed by atoms with Crippen LogP contribution in [0.2, 0.25) is 0 Å². The third-order valence-electron chi connectivity index (χ3n) is 3.77. The fourth-order valence-electron chi connectivity index (χ4n) is 2.39. The van der Waals surface area contributed by atoms with Crippen LogP contribution in [0.5, 0.6) is 0 Å². The molecule has 6 nitrogen and oxygen atoms in total. The molecule has 9 heteroatoms. The fourth-order valence-corrected chi connectivity index (χ4v) is 3.44. The minimum Gasteiger partial charge on any atom is -0.298 e. The highest BCUT2D eigenvalue weighted by atomic mass is 32.2. The number of halogens is 2. The Morgan fingerprint density at radius 3 is 2.41 bits per heavy atom. The van der Waals surface area contributed by atoms with Crippen LogP contribution in [0.3, 0.4) is 0 Å². The van der Waals surface area contributed by atoms with Crippen molar-refractivity contribution in [1.82, 2.24) is 14.3 Å². The maximum absolute atomic E-state index is 13.2. The molecule has 0 aliphatic carbocycles. The zero-order valence-electron chi connectivity index (χ0n) is 14.0. The molecule has 0 saturated carbocycles. The van der Waals surface area contributed by atoms with E-state index < -0.39 is 21.7 Å². The number of benzene rings is 2. The maximum Gasteiger partial charge on any atom is 0.253 e. The number of aromatic nitrogens is 2. The van der Waals surface area contributed by atoms with Gasteiger partial charge in [-0.15, -0.1) is 0 Å². The van der Waals surface area contributed by atoms with Gasteiger partial charge in [0.05, 0.1) is 16.9 Å². The Morgan fingerprint density at radius 2 is 1.74 bits per heavy atom. The van der Waals surface area contributed by atoms with Crippen molar-refractivity contribution in [3.63, 3.8) is 0 Å². The van der Waals surface area contributed by atoms with Gasteiger partial charge in [0, 0.05) is 24.7 Å². The molecule has 1 N–H and O–H groups in total. The fraction of sp³-hybridized carbons (Fsp3) is 0.111. The van der Waals surface area contributed by atoms with Gasteiger partial charge in [-0.25, -0.2) is 26.9 Å². The van der Waals surface area contributed by atoms with Gasteiger partial charge in [-0.1, -0.05) is 6.07 Å². The zero-order valence-corrected chi connectivity index (χ0v) is 14.8. The Balaban J connectivity index is 1.68. The van der Waals surface area contributed by atoms with Gasteiger partial charge in [-0.3, -0.25) is 9.36 Å². The summed E-state index contributed by atoms with van der Waals surface area (Å²) in [6.45, 7) is -0.0274. The van der Waals surface area contributed by atoms with Crippen LogP contribution in [0.1, 0.15) is 0 Å². The van der Waals surface area contributed by atoms with E-state index in [0.29, 0.717) is 11.3 Å². The van der Waals surface area contributed by atoms with Crippen molar-refractivity contribution >= 4 is 10.0 Å². The number of rotatable bonds is 6. The van der Waals surface area contributed by atoms with E-state index in [1.165, 1.54) is 53.4 Å². The summed E-state index contributed by atoms with van der Waals surface area (Å²) >= 11 is 0. The minimum absolute atomic E-state index is 0.0457. The third-order valence-corrected chi connectivity index (χ3v) is 5.23. The van der Waals surface area contributed by atoms with E-state index in [9.17, 15) is 22.0 Å². The summed E-state index contributed by atoms with van der Waals surface area (Å²) < 4.78 is 53.9. The highest BCUT2D eigenvalue weighted by molar-refractivity contribution is 7.89. The summed E-state index contributed by atoms with van der Waals surface area (Å²) in [6.07, 6.45) is 1.29. The van der Waals surface area contributed by atoms with Crippen molar-refractivity contribution in [2.24, 2.45) is 0 Å². The summed E-state index contributed by atoms with van der Waals surface area (Å²) in [5.74, 6) is -1.05. The Kier molecular flexibility index (Phi) is 5.43. The monoisotopic (exact) mass is 391 g/mol. The molecule has 0 fully saturated rings. The molecule has 0 aliphatic heterocycles. The molecule has 0 unspecified atom stereocenters. The lowest BCUT2D eigenvalue weighted by Gasteiger charge is -2.09. The van der Waals surface area contributed by atoms with Crippen molar-refractivity contribution in [3.05, 3.63) is 82.9 Å². The number of hydrogen-bond acceptors (Lipinski definition) is 4. The van der Waals surface area contributed by atoms with Gasteiger partial charge in [-0.05, 0) is 42.5 Å². The first kappa shape index (κ1) is 18.9. The van der Waals surface area contributed by atoms with E-state index in [1.54, 1.807) is 0 Å². The second kappa shape index (κ2) is 7.77. The molecule has 0 aliphatic rings. The van der Waals surface area contributed by atoms with Gasteiger partial charge in [0.2, 0.25) is 10.0 Å². The second-order valence-electron chi connectivity index (χ2n) is 5.67. The van der Waals surface area contributed by atoms with E-state index in [2.05, 4.69) is 9.71 Å². The molecule has 0 amide bonds. The van der Waals surface area contributed by atoms with Crippen LogP contribution < -0.4 is 10.3 Å². The molecule has 0 radical (unpaired) electrons. The van der Waals surface area contributed by atoms with Crippen molar-refractivity contribution in [2.45, 2.75) is 11.4 Å². The van der Waals surface area contributed by atoms with Crippen LogP contribution >= 0.6 is 0 Å². The van der Waals surface area contributed by atoms with Crippen molar-refractivity contribution in [1.29, 1.82) is 0 Å². The molecular formula is C18H15F2N3O3S. The first-order chi connectivity index (χ1) is 12.8. The van der Waals surface area contributed by atoms with E-state index >= 15 is 0 Å². The van der Waals surface area contributed by atoms with Crippen LogP contribution in [-0.2, 0) is 16.6 Å². The molecule has 0 saturated heterocycles. The molecule has 1 aromatic heterocycles. The number of nitrogens with zero attached hydrogens (tertiary/aromatic N) is 2. The smallest absolute Gasteiger partial charge is 0.253 e. The molecule has 1 heterocycles. The van der Waals surface area contributed by atoms with E-state index in [1.807, 2.05) is 0 Å². The van der Waals surface area contributed by atoms with Crippen molar-refractivity contribution in [2.75, 3.05) is 6.54 Å². The molecule has 0 atom stereocenters. The molecular weight excluding hydrogens is 376 g/mol. The summed E-state index contributed by atoms with van der Waals surface area (Å²) in [5.41, 5.74) is 0.596. The van der Waals surface area contributed by atoms with Crippen LogP contribution in [0.25, 0.3) is 11.3 Å². The number of hydrogen-bond donors (Lipinski definition) is 1. The van der Waals surface area contributed by atoms with Crippen LogP contribution in [0.15, 0.2) is 70.6 Å². The SMILES string of the molecule is O=c1cc(-c2ccc(F)cc2)ncn1CCNS(=O)(=O)c1cccc(F)c1. The Labute approximate surface area is 154 Å². The molecule has 3 aromatic rings. The van der Waals surface area contributed by atoms with Crippen molar-refractivity contribution < 1.29 is 17.2 Å². The number of sulfonamides is 1. The topological polar surface area (TPSA) is 81.1 Å². The summed E-state index contributed by atoms with van der Waals surface area (Å²) in [7, 11) is -3.88. The standard InChI is InChI=1S/C18H15F2N3O3S/c19-14-6-4-13(5-7-14)17-11-18(24)23(12-21-17)9-8-22-27(25,26)16-3-1-2-15(20)10-16/h1-7,10-12,22H,8-9H2. The van der Waals surface area contributed by atoms with Gasteiger partial charge < -0.3 is 0 Å².